The lowest BCUT2D eigenvalue weighted by molar-refractivity contribution is -0.674. The number of benzene rings is 1. The average Bonchev–Trinajstić information content (AvgIpc) is 2.82. The first-order valence-electron chi connectivity index (χ1n) is 7.05. The molecule has 0 bridgehead atoms. The van der Waals surface area contributed by atoms with Gasteiger partial charge in [0, 0.05) is 34.9 Å². The summed E-state index contributed by atoms with van der Waals surface area (Å²) in [5, 5.41) is 2.35. The maximum Gasteiger partial charge on any atom is 0.256 e. The Bertz CT molecular complexity index is 1050. The Morgan fingerprint density at radius 2 is 1.95 bits per heavy atom. The number of para-hydroxylation sites is 1. The zero-order valence-corrected chi connectivity index (χ0v) is 12.1. The second-order valence-corrected chi connectivity index (χ2v) is 5.58. The minimum Gasteiger partial charge on any atom is -1.00 e. The highest BCUT2D eigenvalue weighted by Gasteiger charge is 2.25. The Balaban J connectivity index is 0.00000115. The molecule has 0 spiro atoms. The Hall–Kier alpha value is -2.13. The molecule has 1 aromatic carbocycles. The van der Waals surface area contributed by atoms with E-state index < -0.39 is 0 Å². The smallest absolute Gasteiger partial charge is 0.256 e. The Morgan fingerprint density at radius 3 is 2.86 bits per heavy atom. The van der Waals surface area contributed by atoms with Crippen LogP contribution in [0, 0.1) is 0 Å². The first kappa shape index (κ1) is 12.6. The van der Waals surface area contributed by atoms with E-state index in [1.807, 2.05) is 28.7 Å². The Morgan fingerprint density at radius 1 is 1.10 bits per heavy atom. The number of fused-ring (bicyclic) bond motifs is 3. The summed E-state index contributed by atoms with van der Waals surface area (Å²) >= 11 is 0. The van der Waals surface area contributed by atoms with Crippen LogP contribution in [0.4, 0.5) is 0 Å². The topological polar surface area (TPSA) is 25.4 Å². The quantitative estimate of drug-likeness (QED) is 0.393. The molecule has 104 valence electrons. The predicted molar refractivity (Wildman–Crippen MR) is 78.4 cm³/mol. The normalized spacial score (nSPS) is 13.9. The number of halogens is 1. The van der Waals surface area contributed by atoms with E-state index in [4.69, 9.17) is 0 Å². The van der Waals surface area contributed by atoms with Crippen LogP contribution < -0.4 is 22.5 Å². The molecule has 4 heteroatoms. The van der Waals surface area contributed by atoms with Gasteiger partial charge < -0.3 is 12.4 Å². The van der Waals surface area contributed by atoms with Crippen LogP contribution in [0.2, 0.25) is 0 Å². The van der Waals surface area contributed by atoms with Crippen LogP contribution >= 0.6 is 0 Å². The molecule has 0 N–H and O–H groups in total. The van der Waals surface area contributed by atoms with Gasteiger partial charge >= 0.3 is 0 Å². The number of aryl methyl sites for hydroxylation is 2. The van der Waals surface area contributed by atoms with Crippen LogP contribution in [0.25, 0.3) is 27.3 Å². The van der Waals surface area contributed by atoms with Crippen LogP contribution in [0.5, 0.6) is 0 Å². The molecule has 1 aliphatic rings. The van der Waals surface area contributed by atoms with Gasteiger partial charge in [0.1, 0.15) is 12.1 Å². The fourth-order valence-corrected chi connectivity index (χ4v) is 3.71. The van der Waals surface area contributed by atoms with Crippen molar-refractivity contribution in [2.45, 2.75) is 19.4 Å². The maximum atomic E-state index is 12.5. The van der Waals surface area contributed by atoms with Gasteiger partial charge in [-0.1, -0.05) is 18.2 Å². The number of rotatable bonds is 0. The van der Waals surface area contributed by atoms with Crippen molar-refractivity contribution in [2.24, 2.45) is 0 Å². The van der Waals surface area contributed by atoms with E-state index >= 15 is 0 Å². The highest BCUT2D eigenvalue weighted by molar-refractivity contribution is 6.12. The third-order valence-electron chi connectivity index (χ3n) is 4.51. The second kappa shape index (κ2) is 4.18. The molecule has 0 saturated heterocycles. The largest absolute Gasteiger partial charge is 1.00 e. The molecule has 5 rings (SSSR count). The van der Waals surface area contributed by atoms with Crippen LogP contribution in [0.15, 0.2) is 47.4 Å². The monoisotopic (exact) mass is 296 g/mol. The van der Waals surface area contributed by atoms with Gasteiger partial charge in [0.25, 0.3) is 5.56 Å². The number of hydrogen-bond acceptors (Lipinski definition) is 1. The summed E-state index contributed by atoms with van der Waals surface area (Å²) in [5.41, 5.74) is 4.64. The molecule has 0 radical (unpaired) electrons. The van der Waals surface area contributed by atoms with Gasteiger partial charge in [-0.15, -0.1) is 0 Å². The predicted octanol–water partition coefficient (Wildman–Crippen LogP) is -0.719. The summed E-state index contributed by atoms with van der Waals surface area (Å²) in [6, 6.07) is 12.1. The minimum absolute atomic E-state index is 0. The number of nitrogens with zero attached hydrogens (tertiary/aromatic N) is 2. The molecule has 1 aliphatic heterocycles. The Kier molecular flexibility index (Phi) is 2.51. The van der Waals surface area contributed by atoms with Crippen molar-refractivity contribution in [3.63, 3.8) is 0 Å². The van der Waals surface area contributed by atoms with E-state index in [0.29, 0.717) is 0 Å². The van der Waals surface area contributed by atoms with Gasteiger partial charge in [0.05, 0.1) is 5.52 Å². The lowest BCUT2D eigenvalue weighted by Crippen LogP contribution is -3.00. The highest BCUT2D eigenvalue weighted by atomic mass is 35.5. The van der Waals surface area contributed by atoms with E-state index in [9.17, 15) is 4.79 Å². The summed E-state index contributed by atoms with van der Waals surface area (Å²) in [7, 11) is 0. The molecule has 3 aromatic heterocycles. The molecular formula is C17H13ClN2O. The molecule has 21 heavy (non-hydrogen) atoms. The van der Waals surface area contributed by atoms with Crippen molar-refractivity contribution in [3.8, 4) is 0 Å². The van der Waals surface area contributed by atoms with Gasteiger partial charge in [0.15, 0.2) is 6.20 Å². The fourth-order valence-electron chi connectivity index (χ4n) is 3.71. The van der Waals surface area contributed by atoms with Crippen molar-refractivity contribution in [1.82, 2.24) is 4.40 Å². The molecule has 3 nitrogen and oxygen atoms in total. The third kappa shape index (κ3) is 1.44. The Labute approximate surface area is 127 Å². The van der Waals surface area contributed by atoms with Crippen molar-refractivity contribution >= 4 is 27.3 Å². The summed E-state index contributed by atoms with van der Waals surface area (Å²) in [6.07, 6.45) is 4.28. The zero-order valence-electron chi connectivity index (χ0n) is 11.3. The van der Waals surface area contributed by atoms with Gasteiger partial charge in [-0.05, 0) is 12.5 Å². The molecule has 0 unspecified atom stereocenters. The van der Waals surface area contributed by atoms with E-state index in [2.05, 4.69) is 22.9 Å². The van der Waals surface area contributed by atoms with Crippen LogP contribution in [-0.4, -0.2) is 4.40 Å². The number of hydrogen-bond donors (Lipinski definition) is 0. The highest BCUT2D eigenvalue weighted by Crippen LogP contribution is 2.31. The molecule has 4 heterocycles. The second-order valence-electron chi connectivity index (χ2n) is 5.58. The van der Waals surface area contributed by atoms with Crippen LogP contribution in [0.1, 0.15) is 12.0 Å². The number of pyridine rings is 2. The summed E-state index contributed by atoms with van der Waals surface area (Å²) < 4.78 is 4.17. The van der Waals surface area contributed by atoms with Gasteiger partial charge in [0.2, 0.25) is 5.52 Å². The molecule has 0 fully saturated rings. The standard InChI is InChI=1S/C17H13N2O.ClH/c20-15-10-11-4-3-8-18-9-7-13-12-5-1-2-6-14(12)19(15)17(13)16(11)18;/h1-2,5-7,9-10H,3-4,8H2;1H/q+1;/p-1. The van der Waals surface area contributed by atoms with E-state index in [-0.39, 0.29) is 18.0 Å². The van der Waals surface area contributed by atoms with Crippen molar-refractivity contribution < 1.29 is 17.0 Å². The first-order valence-corrected chi connectivity index (χ1v) is 7.05. The SMILES string of the molecule is O=c1cc2c3c4c(cc[n+]3CCC2)c2ccccc2n14.[Cl-]. The average molecular weight is 297 g/mol. The van der Waals surface area contributed by atoms with E-state index in [1.54, 1.807) is 0 Å². The van der Waals surface area contributed by atoms with Gasteiger partial charge in [-0.25, -0.2) is 0 Å². The van der Waals surface area contributed by atoms with Gasteiger partial charge in [-0.3, -0.25) is 9.20 Å². The lowest BCUT2D eigenvalue weighted by Gasteiger charge is -2.11. The molecule has 0 aliphatic carbocycles. The van der Waals surface area contributed by atoms with Crippen molar-refractivity contribution in [3.05, 3.63) is 58.5 Å². The molecular weight excluding hydrogens is 284 g/mol. The molecule has 0 saturated carbocycles. The maximum absolute atomic E-state index is 12.5. The third-order valence-corrected chi connectivity index (χ3v) is 4.51. The van der Waals surface area contributed by atoms with Gasteiger partial charge in [-0.2, -0.15) is 4.57 Å². The fraction of sp³-hybridized carbons (Fsp3) is 0.176. The van der Waals surface area contributed by atoms with Crippen molar-refractivity contribution in [2.75, 3.05) is 0 Å². The summed E-state index contributed by atoms with van der Waals surface area (Å²) in [4.78, 5) is 12.5. The lowest BCUT2D eigenvalue weighted by atomic mass is 10.0. The number of aromatic nitrogens is 2. The molecule has 0 atom stereocenters. The molecule has 4 aromatic rings. The van der Waals surface area contributed by atoms with Crippen LogP contribution in [0.3, 0.4) is 0 Å². The van der Waals surface area contributed by atoms with E-state index in [1.165, 1.54) is 21.9 Å². The summed E-state index contributed by atoms with van der Waals surface area (Å²) in [5.74, 6) is 0. The van der Waals surface area contributed by atoms with E-state index in [0.717, 1.165) is 30.4 Å². The van der Waals surface area contributed by atoms with Crippen molar-refractivity contribution in [1.29, 1.82) is 0 Å². The first-order chi connectivity index (χ1) is 9.84. The zero-order chi connectivity index (χ0) is 13.3. The summed E-state index contributed by atoms with van der Waals surface area (Å²) in [6.45, 7) is 1.04. The van der Waals surface area contributed by atoms with Crippen LogP contribution in [-0.2, 0) is 13.0 Å². The minimum atomic E-state index is 0. The molecule has 0 amide bonds.